The number of nitrogens with one attached hydrogen (secondary N) is 2. The maximum absolute atomic E-state index is 13.0. The quantitative estimate of drug-likeness (QED) is 0.893. The van der Waals surface area contributed by atoms with Gasteiger partial charge in [-0.3, -0.25) is 0 Å². The van der Waals surface area contributed by atoms with Crippen LogP contribution in [0.5, 0.6) is 11.5 Å². The fraction of sp³-hybridized carbons (Fsp3) is 0.538. The van der Waals surface area contributed by atoms with E-state index in [9.17, 15) is 13.2 Å². The SMILES string of the molecule is COc1cc(C(F)(F)F)c(OC)cc1C1CNCCN1. The standard InChI is InChI=1S/C13H17F3N2O2/c1-19-11-6-9(13(14,15)16)12(20-2)5-8(11)10-7-17-3-4-18-10/h5-6,10,17-18H,3-4,7H2,1-2H3. The number of ether oxygens (including phenoxy) is 2. The molecule has 0 bridgehead atoms. The van der Waals surface area contributed by atoms with Gasteiger partial charge in [-0.25, -0.2) is 0 Å². The summed E-state index contributed by atoms with van der Waals surface area (Å²) in [5, 5.41) is 6.43. The van der Waals surface area contributed by atoms with Crippen LogP contribution in [0.15, 0.2) is 12.1 Å². The van der Waals surface area contributed by atoms with Crippen LogP contribution in [0.1, 0.15) is 17.2 Å². The maximum atomic E-state index is 13.0. The number of rotatable bonds is 3. The summed E-state index contributed by atoms with van der Waals surface area (Å²) in [6, 6.07) is 2.28. The molecule has 1 unspecified atom stereocenters. The number of hydrogen-bond acceptors (Lipinski definition) is 4. The first kappa shape index (κ1) is 14.9. The summed E-state index contributed by atoms with van der Waals surface area (Å²) in [6.07, 6.45) is -4.48. The van der Waals surface area contributed by atoms with E-state index in [0.29, 0.717) is 12.1 Å². The van der Waals surface area contributed by atoms with Gasteiger partial charge >= 0.3 is 6.18 Å². The summed E-state index contributed by atoms with van der Waals surface area (Å²) in [5.74, 6) is 0.0139. The van der Waals surface area contributed by atoms with Crippen LogP contribution in [0.4, 0.5) is 13.2 Å². The third-order valence-corrected chi connectivity index (χ3v) is 3.27. The Labute approximate surface area is 115 Å². The zero-order valence-electron chi connectivity index (χ0n) is 11.3. The molecule has 1 heterocycles. The van der Waals surface area contributed by atoms with Gasteiger partial charge in [-0.2, -0.15) is 13.2 Å². The van der Waals surface area contributed by atoms with Crippen molar-refractivity contribution in [3.8, 4) is 11.5 Å². The first-order chi connectivity index (χ1) is 9.47. The summed E-state index contributed by atoms with van der Waals surface area (Å²) >= 11 is 0. The monoisotopic (exact) mass is 290 g/mol. The third kappa shape index (κ3) is 2.99. The minimum absolute atomic E-state index is 0.102. The average molecular weight is 290 g/mol. The summed E-state index contributed by atoms with van der Waals surface area (Å²) in [7, 11) is 2.59. The van der Waals surface area contributed by atoms with Gasteiger partial charge in [-0.15, -0.1) is 0 Å². The van der Waals surface area contributed by atoms with E-state index in [1.165, 1.54) is 20.3 Å². The van der Waals surface area contributed by atoms with Gasteiger partial charge in [-0.1, -0.05) is 0 Å². The van der Waals surface area contributed by atoms with Gasteiger partial charge in [0.15, 0.2) is 0 Å². The van der Waals surface area contributed by atoms with E-state index in [2.05, 4.69) is 10.6 Å². The molecule has 1 aliphatic heterocycles. The van der Waals surface area contributed by atoms with Crippen LogP contribution in [-0.2, 0) is 6.18 Å². The van der Waals surface area contributed by atoms with E-state index in [1.54, 1.807) is 0 Å². The van der Waals surface area contributed by atoms with Crippen molar-refractivity contribution in [1.82, 2.24) is 10.6 Å². The molecular weight excluding hydrogens is 273 g/mol. The normalized spacial score (nSPS) is 19.8. The Balaban J connectivity index is 2.46. The fourth-order valence-electron chi connectivity index (χ4n) is 2.29. The molecule has 1 atom stereocenters. The van der Waals surface area contributed by atoms with Gasteiger partial charge in [0, 0.05) is 31.2 Å². The van der Waals surface area contributed by atoms with Crippen LogP contribution in [-0.4, -0.2) is 33.9 Å². The smallest absolute Gasteiger partial charge is 0.420 e. The van der Waals surface area contributed by atoms with Gasteiger partial charge in [0.25, 0.3) is 0 Å². The number of hydrogen-bond donors (Lipinski definition) is 2. The Morgan fingerprint density at radius 3 is 2.30 bits per heavy atom. The van der Waals surface area contributed by atoms with Crippen molar-refractivity contribution in [2.24, 2.45) is 0 Å². The lowest BCUT2D eigenvalue weighted by Crippen LogP contribution is -2.42. The molecule has 0 amide bonds. The lowest BCUT2D eigenvalue weighted by molar-refractivity contribution is -0.138. The van der Waals surface area contributed by atoms with Gasteiger partial charge in [0.1, 0.15) is 17.1 Å². The summed E-state index contributed by atoms with van der Waals surface area (Å²) < 4.78 is 48.9. The topological polar surface area (TPSA) is 42.5 Å². The van der Waals surface area contributed by atoms with Crippen molar-refractivity contribution in [2.75, 3.05) is 33.9 Å². The molecule has 1 saturated heterocycles. The fourth-order valence-corrected chi connectivity index (χ4v) is 2.29. The van der Waals surface area contributed by atoms with Crippen molar-refractivity contribution in [2.45, 2.75) is 12.2 Å². The summed E-state index contributed by atoms with van der Waals surface area (Å²) in [4.78, 5) is 0. The molecule has 1 aliphatic rings. The van der Waals surface area contributed by atoms with Crippen molar-refractivity contribution in [1.29, 1.82) is 0 Å². The minimum atomic E-state index is -4.48. The van der Waals surface area contributed by atoms with Gasteiger partial charge < -0.3 is 20.1 Å². The average Bonchev–Trinajstić information content (AvgIpc) is 2.45. The molecule has 2 rings (SSSR count). The van der Waals surface area contributed by atoms with E-state index >= 15 is 0 Å². The van der Waals surface area contributed by atoms with Crippen molar-refractivity contribution >= 4 is 0 Å². The van der Waals surface area contributed by atoms with Crippen LogP contribution in [0.3, 0.4) is 0 Å². The zero-order chi connectivity index (χ0) is 14.8. The van der Waals surface area contributed by atoms with Crippen molar-refractivity contribution in [3.05, 3.63) is 23.3 Å². The molecule has 0 aliphatic carbocycles. The van der Waals surface area contributed by atoms with Gasteiger partial charge in [0.2, 0.25) is 0 Å². The first-order valence-electron chi connectivity index (χ1n) is 6.24. The molecule has 4 nitrogen and oxygen atoms in total. The zero-order valence-corrected chi connectivity index (χ0v) is 11.3. The molecule has 7 heteroatoms. The van der Waals surface area contributed by atoms with Crippen molar-refractivity contribution < 1.29 is 22.6 Å². The van der Waals surface area contributed by atoms with E-state index in [-0.39, 0.29) is 17.5 Å². The predicted molar refractivity (Wildman–Crippen MR) is 68.2 cm³/mol. The lowest BCUT2D eigenvalue weighted by atomic mass is 10.0. The van der Waals surface area contributed by atoms with E-state index in [1.807, 2.05) is 0 Å². The maximum Gasteiger partial charge on any atom is 0.420 e. The van der Waals surface area contributed by atoms with E-state index in [4.69, 9.17) is 9.47 Å². The first-order valence-corrected chi connectivity index (χ1v) is 6.24. The van der Waals surface area contributed by atoms with Crippen molar-refractivity contribution in [3.63, 3.8) is 0 Å². The Bertz CT molecular complexity index is 471. The van der Waals surface area contributed by atoms with Crippen LogP contribution >= 0.6 is 0 Å². The van der Waals surface area contributed by atoms with Crippen LogP contribution in [0.2, 0.25) is 0 Å². The molecule has 1 aromatic carbocycles. The molecular formula is C13H17F3N2O2. The summed E-state index contributed by atoms with van der Waals surface area (Å²) in [6.45, 7) is 2.21. The second kappa shape index (κ2) is 5.88. The Kier molecular flexibility index (Phi) is 4.39. The lowest BCUT2D eigenvalue weighted by Gasteiger charge is -2.27. The third-order valence-electron chi connectivity index (χ3n) is 3.27. The number of alkyl halides is 3. The van der Waals surface area contributed by atoms with Crippen LogP contribution in [0, 0.1) is 0 Å². The highest BCUT2D eigenvalue weighted by Crippen LogP contribution is 2.41. The number of piperazine rings is 1. The highest BCUT2D eigenvalue weighted by molar-refractivity contribution is 5.49. The molecule has 2 N–H and O–H groups in total. The van der Waals surface area contributed by atoms with Gasteiger partial charge in [0.05, 0.1) is 14.2 Å². The van der Waals surface area contributed by atoms with E-state index < -0.39 is 11.7 Å². The Hall–Kier alpha value is -1.47. The van der Waals surface area contributed by atoms with Crippen LogP contribution in [0.25, 0.3) is 0 Å². The number of methoxy groups -OCH3 is 2. The van der Waals surface area contributed by atoms with Crippen LogP contribution < -0.4 is 20.1 Å². The second-order valence-electron chi connectivity index (χ2n) is 4.50. The molecule has 0 saturated carbocycles. The van der Waals surface area contributed by atoms with E-state index in [0.717, 1.165) is 19.2 Å². The Morgan fingerprint density at radius 1 is 1.10 bits per heavy atom. The molecule has 0 radical (unpaired) electrons. The molecule has 0 spiro atoms. The Morgan fingerprint density at radius 2 is 1.80 bits per heavy atom. The number of benzene rings is 1. The highest BCUT2D eigenvalue weighted by Gasteiger charge is 2.36. The predicted octanol–water partition coefficient (Wildman–Crippen LogP) is 1.96. The molecule has 1 fully saturated rings. The van der Waals surface area contributed by atoms with Gasteiger partial charge in [-0.05, 0) is 12.1 Å². The molecule has 1 aromatic rings. The largest absolute Gasteiger partial charge is 0.496 e. The molecule has 112 valence electrons. The molecule has 20 heavy (non-hydrogen) atoms. The second-order valence-corrected chi connectivity index (χ2v) is 4.50. The number of halogens is 3. The highest BCUT2D eigenvalue weighted by atomic mass is 19.4. The minimum Gasteiger partial charge on any atom is -0.496 e. The molecule has 0 aromatic heterocycles. The summed E-state index contributed by atoms with van der Waals surface area (Å²) in [5.41, 5.74) is -0.172.